The zero-order valence-electron chi connectivity index (χ0n) is 12.0. The topological polar surface area (TPSA) is 88.0 Å². The molecule has 3 N–H and O–H groups in total. The Morgan fingerprint density at radius 2 is 2.29 bits per heavy atom. The maximum Gasteiger partial charge on any atom is 0.339 e. The van der Waals surface area contributed by atoms with Crippen LogP contribution >= 0.6 is 0 Å². The fourth-order valence-electron chi connectivity index (χ4n) is 2.31. The molecule has 0 saturated carbocycles. The van der Waals surface area contributed by atoms with Crippen LogP contribution < -0.4 is 10.1 Å². The molecule has 0 aliphatic carbocycles. The van der Waals surface area contributed by atoms with Crippen molar-refractivity contribution >= 4 is 5.97 Å². The number of para-hydroxylation sites is 1. The van der Waals surface area contributed by atoms with Crippen molar-refractivity contribution in [2.24, 2.45) is 0 Å². The third-order valence-electron chi connectivity index (χ3n) is 3.74. The summed E-state index contributed by atoms with van der Waals surface area (Å²) in [5, 5.41) is 22.4. The second-order valence-corrected chi connectivity index (χ2v) is 5.19. The van der Waals surface area contributed by atoms with Crippen molar-refractivity contribution < 1.29 is 24.5 Å². The van der Waals surface area contributed by atoms with Gasteiger partial charge >= 0.3 is 5.97 Å². The Bertz CT molecular complexity index is 493. The first kappa shape index (κ1) is 15.8. The number of hydrogen-bond donors (Lipinski definition) is 3. The van der Waals surface area contributed by atoms with Crippen LogP contribution in [0.5, 0.6) is 5.75 Å². The summed E-state index contributed by atoms with van der Waals surface area (Å²) in [6, 6.07) is 6.52. The first-order chi connectivity index (χ1) is 10.0. The average Bonchev–Trinajstić information content (AvgIpc) is 2.79. The molecule has 2 rings (SSSR count). The van der Waals surface area contributed by atoms with Gasteiger partial charge in [-0.15, -0.1) is 0 Å². The zero-order chi connectivity index (χ0) is 15.3. The van der Waals surface area contributed by atoms with Crippen LogP contribution in [0.15, 0.2) is 24.3 Å². The van der Waals surface area contributed by atoms with E-state index >= 15 is 0 Å². The maximum atomic E-state index is 11.0. The predicted molar refractivity (Wildman–Crippen MR) is 76.7 cm³/mol. The van der Waals surface area contributed by atoms with Gasteiger partial charge in [-0.2, -0.15) is 0 Å². The Balaban J connectivity index is 1.74. The molecule has 2 atom stereocenters. The quantitative estimate of drug-likeness (QED) is 0.648. The molecule has 0 bridgehead atoms. The second kappa shape index (κ2) is 6.89. The van der Waals surface area contributed by atoms with E-state index in [2.05, 4.69) is 5.32 Å². The lowest BCUT2D eigenvalue weighted by atomic mass is 9.97. The van der Waals surface area contributed by atoms with E-state index in [1.165, 1.54) is 6.07 Å². The van der Waals surface area contributed by atoms with Crippen LogP contribution in [-0.4, -0.2) is 54.2 Å². The van der Waals surface area contributed by atoms with Crippen molar-refractivity contribution in [2.75, 3.05) is 26.3 Å². The SMILES string of the molecule is CC1OCCC1(O)CNCCOc1ccccc1C(=O)O. The van der Waals surface area contributed by atoms with Crippen LogP contribution in [-0.2, 0) is 4.74 Å². The number of carboxylic acids is 1. The normalized spacial score (nSPS) is 25.0. The highest BCUT2D eigenvalue weighted by atomic mass is 16.5. The molecule has 6 nitrogen and oxygen atoms in total. The minimum Gasteiger partial charge on any atom is -0.491 e. The van der Waals surface area contributed by atoms with E-state index in [9.17, 15) is 9.90 Å². The molecular weight excluding hydrogens is 274 g/mol. The van der Waals surface area contributed by atoms with E-state index < -0.39 is 11.6 Å². The highest BCUT2D eigenvalue weighted by Gasteiger charge is 2.38. The number of carboxylic acid groups (broad SMARTS) is 1. The lowest BCUT2D eigenvalue weighted by Crippen LogP contribution is -2.46. The van der Waals surface area contributed by atoms with Gasteiger partial charge in [-0.1, -0.05) is 12.1 Å². The summed E-state index contributed by atoms with van der Waals surface area (Å²) >= 11 is 0. The van der Waals surface area contributed by atoms with Gasteiger partial charge in [0.15, 0.2) is 0 Å². The maximum absolute atomic E-state index is 11.0. The Labute approximate surface area is 123 Å². The van der Waals surface area contributed by atoms with Crippen molar-refractivity contribution in [1.29, 1.82) is 0 Å². The number of rotatable bonds is 7. The van der Waals surface area contributed by atoms with E-state index in [-0.39, 0.29) is 11.7 Å². The standard InChI is InChI=1S/C15H21NO5/c1-11-15(19,6-8-20-11)10-16-7-9-21-13-5-3-2-4-12(13)14(17)18/h2-5,11,16,19H,6-10H2,1H3,(H,17,18). The minimum atomic E-state index is -1.01. The summed E-state index contributed by atoms with van der Waals surface area (Å²) in [4.78, 5) is 11.0. The molecule has 0 radical (unpaired) electrons. The Hall–Kier alpha value is -1.63. The molecule has 1 aromatic carbocycles. The third kappa shape index (κ3) is 3.93. The number of benzene rings is 1. The first-order valence-corrected chi connectivity index (χ1v) is 7.03. The highest BCUT2D eigenvalue weighted by Crippen LogP contribution is 2.24. The van der Waals surface area contributed by atoms with E-state index in [0.29, 0.717) is 38.5 Å². The molecule has 0 amide bonds. The van der Waals surface area contributed by atoms with Gasteiger partial charge in [0.1, 0.15) is 23.5 Å². The van der Waals surface area contributed by atoms with Gasteiger partial charge in [0.05, 0.1) is 6.10 Å². The first-order valence-electron chi connectivity index (χ1n) is 7.03. The molecule has 6 heteroatoms. The molecule has 0 aromatic heterocycles. The summed E-state index contributed by atoms with van der Waals surface area (Å²) in [6.45, 7) is 3.70. The summed E-state index contributed by atoms with van der Waals surface area (Å²) in [5.41, 5.74) is -0.687. The van der Waals surface area contributed by atoms with E-state index in [1.54, 1.807) is 18.2 Å². The van der Waals surface area contributed by atoms with Gasteiger partial charge in [0.25, 0.3) is 0 Å². The molecule has 1 aliphatic rings. The van der Waals surface area contributed by atoms with E-state index in [0.717, 1.165) is 0 Å². The van der Waals surface area contributed by atoms with Gasteiger partial charge < -0.3 is 25.0 Å². The fraction of sp³-hybridized carbons (Fsp3) is 0.533. The average molecular weight is 295 g/mol. The summed E-state index contributed by atoms with van der Waals surface area (Å²) in [7, 11) is 0. The third-order valence-corrected chi connectivity index (χ3v) is 3.74. The van der Waals surface area contributed by atoms with Crippen LogP contribution in [0.3, 0.4) is 0 Å². The molecule has 116 valence electrons. The molecule has 1 fully saturated rings. The number of carbonyl (C=O) groups is 1. The molecule has 1 heterocycles. The molecule has 21 heavy (non-hydrogen) atoms. The number of ether oxygens (including phenoxy) is 2. The van der Waals surface area contributed by atoms with Crippen LogP contribution in [0.4, 0.5) is 0 Å². The summed E-state index contributed by atoms with van der Waals surface area (Å²) in [6.07, 6.45) is 0.433. The van der Waals surface area contributed by atoms with E-state index in [4.69, 9.17) is 14.6 Å². The molecule has 1 aliphatic heterocycles. The number of aliphatic hydroxyl groups is 1. The van der Waals surface area contributed by atoms with Crippen LogP contribution in [0, 0.1) is 0 Å². The summed E-state index contributed by atoms with van der Waals surface area (Å²) in [5.74, 6) is -0.659. The van der Waals surface area contributed by atoms with Gasteiger partial charge in [-0.3, -0.25) is 0 Å². The lowest BCUT2D eigenvalue weighted by molar-refractivity contribution is -0.0263. The molecule has 0 spiro atoms. The number of aromatic carboxylic acids is 1. The Morgan fingerprint density at radius 1 is 1.52 bits per heavy atom. The van der Waals surface area contributed by atoms with Crippen molar-refractivity contribution in [3.05, 3.63) is 29.8 Å². The minimum absolute atomic E-state index is 0.147. The number of hydrogen-bond acceptors (Lipinski definition) is 5. The van der Waals surface area contributed by atoms with E-state index in [1.807, 2.05) is 6.92 Å². The van der Waals surface area contributed by atoms with Gasteiger partial charge in [0.2, 0.25) is 0 Å². The molecule has 1 aromatic rings. The van der Waals surface area contributed by atoms with Crippen molar-refractivity contribution in [2.45, 2.75) is 25.0 Å². The lowest BCUT2D eigenvalue weighted by Gasteiger charge is -2.26. The Kier molecular flexibility index (Phi) is 5.17. The van der Waals surface area contributed by atoms with Crippen molar-refractivity contribution in [3.8, 4) is 5.75 Å². The zero-order valence-corrected chi connectivity index (χ0v) is 12.0. The van der Waals surface area contributed by atoms with Crippen LogP contribution in [0.1, 0.15) is 23.7 Å². The van der Waals surface area contributed by atoms with Crippen LogP contribution in [0.2, 0.25) is 0 Å². The summed E-state index contributed by atoms with van der Waals surface area (Å²) < 4.78 is 10.8. The largest absolute Gasteiger partial charge is 0.491 e. The van der Waals surface area contributed by atoms with Crippen molar-refractivity contribution in [1.82, 2.24) is 5.32 Å². The predicted octanol–water partition coefficient (Wildman–Crippen LogP) is 0.893. The monoisotopic (exact) mass is 295 g/mol. The van der Waals surface area contributed by atoms with Gasteiger partial charge in [0, 0.05) is 26.1 Å². The van der Waals surface area contributed by atoms with Crippen LogP contribution in [0.25, 0.3) is 0 Å². The molecular formula is C15H21NO5. The second-order valence-electron chi connectivity index (χ2n) is 5.19. The molecule has 1 saturated heterocycles. The van der Waals surface area contributed by atoms with Gasteiger partial charge in [-0.05, 0) is 19.1 Å². The molecule has 2 unspecified atom stereocenters. The van der Waals surface area contributed by atoms with Crippen molar-refractivity contribution in [3.63, 3.8) is 0 Å². The number of nitrogens with one attached hydrogen (secondary N) is 1. The van der Waals surface area contributed by atoms with Gasteiger partial charge in [-0.25, -0.2) is 4.79 Å². The highest BCUT2D eigenvalue weighted by molar-refractivity contribution is 5.90. The smallest absolute Gasteiger partial charge is 0.339 e. The fourth-order valence-corrected chi connectivity index (χ4v) is 2.31. The Morgan fingerprint density at radius 3 is 2.95 bits per heavy atom.